The van der Waals surface area contributed by atoms with Crippen LogP contribution in [-0.4, -0.2) is 16.0 Å². The molecule has 0 aliphatic carbocycles. The van der Waals surface area contributed by atoms with Crippen LogP contribution in [0.2, 0.25) is 0 Å². The lowest BCUT2D eigenvalue weighted by atomic mass is 10.1. The van der Waals surface area contributed by atoms with Crippen molar-refractivity contribution in [1.29, 1.82) is 0 Å². The first-order chi connectivity index (χ1) is 13.3. The minimum Gasteiger partial charge on any atom is -0.457 e. The molecule has 1 N–H and O–H groups in total. The molecule has 0 saturated heterocycles. The molecular formula is C21H15N3O3. The number of benzene rings is 2. The van der Waals surface area contributed by atoms with Crippen molar-refractivity contribution < 1.29 is 14.1 Å². The number of aromatic nitrogens is 2. The molecule has 0 aliphatic heterocycles. The van der Waals surface area contributed by atoms with Crippen molar-refractivity contribution in [3.8, 4) is 22.8 Å². The van der Waals surface area contributed by atoms with E-state index in [0.717, 1.165) is 5.56 Å². The number of hydrogen-bond acceptors (Lipinski definition) is 5. The lowest BCUT2D eigenvalue weighted by molar-refractivity contribution is 0.101. The van der Waals surface area contributed by atoms with E-state index in [1.807, 2.05) is 30.3 Å². The Balaban J connectivity index is 1.42. The SMILES string of the molecule is O=C(Nc1ccc(Oc2ccncc2)cc1)c1cc(-c2ccccc2)on1. The summed E-state index contributed by atoms with van der Waals surface area (Å²) in [7, 11) is 0. The van der Waals surface area contributed by atoms with Gasteiger partial charge in [-0.05, 0) is 36.4 Å². The normalized spacial score (nSPS) is 10.4. The molecule has 2 aromatic carbocycles. The van der Waals surface area contributed by atoms with Crippen LogP contribution >= 0.6 is 0 Å². The van der Waals surface area contributed by atoms with Crippen molar-refractivity contribution in [3.05, 3.63) is 90.9 Å². The molecule has 0 unspecified atom stereocenters. The number of amides is 1. The van der Waals surface area contributed by atoms with E-state index in [4.69, 9.17) is 9.26 Å². The maximum absolute atomic E-state index is 12.4. The summed E-state index contributed by atoms with van der Waals surface area (Å²) >= 11 is 0. The van der Waals surface area contributed by atoms with Gasteiger partial charge in [-0.1, -0.05) is 35.5 Å². The molecule has 0 aliphatic rings. The van der Waals surface area contributed by atoms with Gasteiger partial charge in [-0.15, -0.1) is 0 Å². The van der Waals surface area contributed by atoms with Gasteiger partial charge in [0.15, 0.2) is 11.5 Å². The van der Waals surface area contributed by atoms with E-state index in [-0.39, 0.29) is 11.6 Å². The van der Waals surface area contributed by atoms with Crippen molar-refractivity contribution in [2.24, 2.45) is 0 Å². The van der Waals surface area contributed by atoms with E-state index < -0.39 is 0 Å². The highest BCUT2D eigenvalue weighted by Gasteiger charge is 2.14. The maximum atomic E-state index is 12.4. The van der Waals surface area contributed by atoms with Gasteiger partial charge < -0.3 is 14.6 Å². The van der Waals surface area contributed by atoms with E-state index in [0.29, 0.717) is 22.9 Å². The molecule has 2 aromatic heterocycles. The fraction of sp³-hybridized carbons (Fsp3) is 0. The summed E-state index contributed by atoms with van der Waals surface area (Å²) in [5.74, 6) is 1.55. The highest BCUT2D eigenvalue weighted by molar-refractivity contribution is 6.03. The third-order valence-electron chi connectivity index (χ3n) is 3.80. The fourth-order valence-corrected chi connectivity index (χ4v) is 2.46. The van der Waals surface area contributed by atoms with Crippen LogP contribution in [0.25, 0.3) is 11.3 Å². The lowest BCUT2D eigenvalue weighted by Crippen LogP contribution is -2.11. The monoisotopic (exact) mass is 357 g/mol. The van der Waals surface area contributed by atoms with Gasteiger partial charge in [-0.3, -0.25) is 9.78 Å². The zero-order chi connectivity index (χ0) is 18.5. The van der Waals surface area contributed by atoms with E-state index in [2.05, 4.69) is 15.5 Å². The van der Waals surface area contributed by atoms with Gasteiger partial charge in [0.1, 0.15) is 11.5 Å². The smallest absolute Gasteiger partial charge is 0.277 e. The molecule has 6 nitrogen and oxygen atoms in total. The van der Waals surface area contributed by atoms with Crippen LogP contribution in [0, 0.1) is 0 Å². The Hall–Kier alpha value is -3.93. The summed E-state index contributed by atoms with van der Waals surface area (Å²) in [6.45, 7) is 0. The molecule has 1 amide bonds. The number of rotatable bonds is 5. The van der Waals surface area contributed by atoms with Gasteiger partial charge in [0, 0.05) is 29.7 Å². The van der Waals surface area contributed by atoms with Crippen LogP contribution < -0.4 is 10.1 Å². The van der Waals surface area contributed by atoms with Crippen LogP contribution in [0.1, 0.15) is 10.5 Å². The Morgan fingerprint density at radius 3 is 2.33 bits per heavy atom. The molecular weight excluding hydrogens is 342 g/mol. The molecule has 0 spiro atoms. The molecule has 0 fully saturated rings. The van der Waals surface area contributed by atoms with Crippen molar-refractivity contribution in [3.63, 3.8) is 0 Å². The Morgan fingerprint density at radius 1 is 0.889 bits per heavy atom. The van der Waals surface area contributed by atoms with E-state index in [1.54, 1.807) is 54.9 Å². The van der Waals surface area contributed by atoms with Gasteiger partial charge in [0.2, 0.25) is 0 Å². The minimum absolute atomic E-state index is 0.214. The average molecular weight is 357 g/mol. The zero-order valence-electron chi connectivity index (χ0n) is 14.2. The van der Waals surface area contributed by atoms with Crippen LogP contribution in [-0.2, 0) is 0 Å². The summed E-state index contributed by atoms with van der Waals surface area (Å²) in [5, 5.41) is 6.63. The van der Waals surface area contributed by atoms with Crippen LogP contribution in [0.4, 0.5) is 5.69 Å². The predicted octanol–water partition coefficient (Wildman–Crippen LogP) is 4.78. The highest BCUT2D eigenvalue weighted by atomic mass is 16.5. The first-order valence-corrected chi connectivity index (χ1v) is 8.29. The number of carbonyl (C=O) groups excluding carboxylic acids is 1. The molecule has 4 rings (SSSR count). The second-order valence-electron chi connectivity index (χ2n) is 5.71. The van der Waals surface area contributed by atoms with Crippen molar-refractivity contribution in [1.82, 2.24) is 10.1 Å². The number of ether oxygens (including phenoxy) is 1. The Kier molecular flexibility index (Phi) is 4.61. The first-order valence-electron chi connectivity index (χ1n) is 8.29. The molecule has 0 saturated carbocycles. The fourth-order valence-electron chi connectivity index (χ4n) is 2.46. The van der Waals surface area contributed by atoms with Gasteiger partial charge in [-0.25, -0.2) is 0 Å². The van der Waals surface area contributed by atoms with E-state index in [1.165, 1.54) is 0 Å². The van der Waals surface area contributed by atoms with Crippen LogP contribution in [0.15, 0.2) is 89.7 Å². The van der Waals surface area contributed by atoms with Crippen molar-refractivity contribution in [2.75, 3.05) is 5.32 Å². The maximum Gasteiger partial charge on any atom is 0.277 e. The number of pyridine rings is 1. The summed E-state index contributed by atoms with van der Waals surface area (Å²) in [5.41, 5.74) is 1.71. The van der Waals surface area contributed by atoms with Gasteiger partial charge in [0.05, 0.1) is 0 Å². The minimum atomic E-state index is -0.344. The van der Waals surface area contributed by atoms with Crippen molar-refractivity contribution in [2.45, 2.75) is 0 Å². The van der Waals surface area contributed by atoms with E-state index >= 15 is 0 Å². The summed E-state index contributed by atoms with van der Waals surface area (Å²) in [6.07, 6.45) is 3.32. The van der Waals surface area contributed by atoms with Gasteiger partial charge in [-0.2, -0.15) is 0 Å². The number of carbonyl (C=O) groups is 1. The summed E-state index contributed by atoms with van der Waals surface area (Å²) in [4.78, 5) is 16.3. The number of anilines is 1. The molecule has 0 atom stereocenters. The number of nitrogens with one attached hydrogen (secondary N) is 1. The molecule has 0 bridgehead atoms. The molecule has 132 valence electrons. The molecule has 6 heteroatoms. The molecule has 4 aromatic rings. The Labute approximate surface area is 155 Å². The first kappa shape index (κ1) is 16.5. The summed E-state index contributed by atoms with van der Waals surface area (Å²) < 4.78 is 11.0. The number of nitrogens with zero attached hydrogens (tertiary/aromatic N) is 2. The van der Waals surface area contributed by atoms with Crippen molar-refractivity contribution >= 4 is 11.6 Å². The molecule has 27 heavy (non-hydrogen) atoms. The topological polar surface area (TPSA) is 77.2 Å². The quantitative estimate of drug-likeness (QED) is 0.556. The predicted molar refractivity (Wildman–Crippen MR) is 101 cm³/mol. The van der Waals surface area contributed by atoms with Gasteiger partial charge >= 0.3 is 0 Å². The summed E-state index contributed by atoms with van der Waals surface area (Å²) in [6, 6.07) is 21.7. The van der Waals surface area contributed by atoms with E-state index in [9.17, 15) is 4.79 Å². The van der Waals surface area contributed by atoms with Gasteiger partial charge in [0.25, 0.3) is 5.91 Å². The zero-order valence-corrected chi connectivity index (χ0v) is 14.2. The Bertz CT molecular complexity index is 1030. The second-order valence-corrected chi connectivity index (χ2v) is 5.71. The molecule has 2 heterocycles. The average Bonchev–Trinajstić information content (AvgIpc) is 3.21. The molecule has 0 radical (unpaired) electrons. The Morgan fingerprint density at radius 2 is 1.59 bits per heavy atom. The second kappa shape index (κ2) is 7.53. The lowest BCUT2D eigenvalue weighted by Gasteiger charge is -2.07. The highest BCUT2D eigenvalue weighted by Crippen LogP contribution is 2.23. The van der Waals surface area contributed by atoms with Crippen LogP contribution in [0.5, 0.6) is 11.5 Å². The largest absolute Gasteiger partial charge is 0.457 e. The standard InChI is InChI=1S/C21H15N3O3/c25-21(19-14-20(27-24-19)15-4-2-1-3-5-15)23-16-6-8-17(9-7-16)26-18-10-12-22-13-11-18/h1-14H,(H,23,25). The number of hydrogen-bond donors (Lipinski definition) is 1. The third kappa shape index (κ3) is 4.01. The third-order valence-corrected chi connectivity index (χ3v) is 3.80. The van der Waals surface area contributed by atoms with Crippen LogP contribution in [0.3, 0.4) is 0 Å².